The summed E-state index contributed by atoms with van der Waals surface area (Å²) in [6.45, 7) is 3.98. The van der Waals surface area contributed by atoms with Crippen molar-refractivity contribution in [1.82, 2.24) is 4.31 Å². The summed E-state index contributed by atoms with van der Waals surface area (Å²) in [7, 11) is -3.50. The van der Waals surface area contributed by atoms with Gasteiger partial charge >= 0.3 is 0 Å². The summed E-state index contributed by atoms with van der Waals surface area (Å²) in [5, 5.41) is 0. The molecule has 6 heteroatoms. The molecule has 2 aliphatic carbocycles. The Balaban J connectivity index is 1.35. The van der Waals surface area contributed by atoms with Gasteiger partial charge in [0.05, 0.1) is 37.6 Å². The van der Waals surface area contributed by atoms with E-state index in [-0.39, 0.29) is 4.90 Å². The summed E-state index contributed by atoms with van der Waals surface area (Å²) in [6, 6.07) is 5.12. The van der Waals surface area contributed by atoms with Gasteiger partial charge in [0.2, 0.25) is 10.0 Å². The molecule has 1 saturated heterocycles. The molecule has 2 bridgehead atoms. The molecule has 4 nitrogen and oxygen atoms in total. The number of fused-ring (bicyclic) bond motifs is 2. The van der Waals surface area contributed by atoms with E-state index in [9.17, 15) is 12.8 Å². The average Bonchev–Trinajstić information content (AvgIpc) is 3.19. The Hall–Kier alpha value is -1.24. The number of quaternary nitrogens is 1. The number of rotatable bonds is 4. The van der Waals surface area contributed by atoms with Crippen LogP contribution in [0.4, 0.5) is 4.39 Å². The van der Waals surface area contributed by atoms with Crippen LogP contribution in [0.25, 0.3) is 0 Å². The average molecular weight is 351 g/mol. The first kappa shape index (κ1) is 16.2. The molecule has 0 amide bonds. The van der Waals surface area contributed by atoms with Gasteiger partial charge in [-0.15, -0.1) is 0 Å². The van der Waals surface area contributed by atoms with Crippen LogP contribution in [0.2, 0.25) is 0 Å². The summed E-state index contributed by atoms with van der Waals surface area (Å²) in [6.07, 6.45) is 7.38. The SMILES string of the molecule is O=S(=O)(c1ccc(F)cc1)N1CC[NH+](C[C@@H]2C[C@@H]3C=C[C@H]2C3)CC1. The maximum Gasteiger partial charge on any atom is 0.243 e. The van der Waals surface area contributed by atoms with Gasteiger partial charge in [-0.05, 0) is 48.9 Å². The first-order valence-electron chi connectivity index (χ1n) is 8.80. The minimum Gasteiger partial charge on any atom is -0.332 e. The Morgan fingerprint density at radius 3 is 2.38 bits per heavy atom. The number of halogens is 1. The van der Waals surface area contributed by atoms with Gasteiger partial charge in [-0.3, -0.25) is 0 Å². The lowest BCUT2D eigenvalue weighted by atomic mass is 9.93. The zero-order valence-corrected chi connectivity index (χ0v) is 14.5. The van der Waals surface area contributed by atoms with Crippen LogP contribution in [0, 0.1) is 23.6 Å². The fourth-order valence-electron chi connectivity index (χ4n) is 4.50. The van der Waals surface area contributed by atoms with Gasteiger partial charge in [0.1, 0.15) is 5.82 Å². The predicted molar refractivity (Wildman–Crippen MR) is 89.6 cm³/mol. The summed E-state index contributed by atoms with van der Waals surface area (Å²) in [4.78, 5) is 1.71. The van der Waals surface area contributed by atoms with Crippen molar-refractivity contribution >= 4 is 10.0 Å². The summed E-state index contributed by atoms with van der Waals surface area (Å²) < 4.78 is 39.8. The maximum atomic E-state index is 13.0. The molecule has 130 valence electrons. The van der Waals surface area contributed by atoms with Gasteiger partial charge in [0.15, 0.2) is 0 Å². The van der Waals surface area contributed by atoms with Gasteiger partial charge < -0.3 is 4.90 Å². The number of piperazine rings is 1. The lowest BCUT2D eigenvalue weighted by Gasteiger charge is -2.33. The van der Waals surface area contributed by atoms with Gasteiger partial charge in [0.25, 0.3) is 0 Å². The highest BCUT2D eigenvalue weighted by Crippen LogP contribution is 2.42. The van der Waals surface area contributed by atoms with E-state index >= 15 is 0 Å². The third-order valence-corrected chi connectivity index (χ3v) is 7.76. The zero-order valence-electron chi connectivity index (χ0n) is 13.7. The summed E-state index contributed by atoms with van der Waals surface area (Å²) in [5.74, 6) is 1.90. The van der Waals surface area contributed by atoms with E-state index in [1.807, 2.05) is 0 Å². The molecule has 0 spiro atoms. The molecule has 1 aromatic rings. The van der Waals surface area contributed by atoms with E-state index in [4.69, 9.17) is 0 Å². The van der Waals surface area contributed by atoms with E-state index in [1.165, 1.54) is 42.0 Å². The minimum absolute atomic E-state index is 0.186. The Kier molecular flexibility index (Phi) is 4.22. The van der Waals surface area contributed by atoms with Gasteiger partial charge in [-0.2, -0.15) is 4.31 Å². The molecule has 1 saturated carbocycles. The van der Waals surface area contributed by atoms with E-state index in [1.54, 1.807) is 4.31 Å². The number of allylic oxidation sites excluding steroid dienone is 2. The monoisotopic (exact) mass is 351 g/mol. The largest absolute Gasteiger partial charge is 0.332 e. The van der Waals surface area contributed by atoms with Gasteiger partial charge in [0, 0.05) is 5.92 Å². The third kappa shape index (κ3) is 3.03. The van der Waals surface area contributed by atoms with Crippen LogP contribution in [0.1, 0.15) is 12.8 Å². The fourth-order valence-corrected chi connectivity index (χ4v) is 5.94. The van der Waals surface area contributed by atoms with Crippen molar-refractivity contribution in [1.29, 1.82) is 0 Å². The Morgan fingerprint density at radius 2 is 1.79 bits per heavy atom. The van der Waals surface area contributed by atoms with Crippen molar-refractivity contribution in [2.24, 2.45) is 17.8 Å². The molecule has 3 aliphatic rings. The van der Waals surface area contributed by atoms with Crippen molar-refractivity contribution in [2.75, 3.05) is 32.7 Å². The normalized spacial score (nSPS) is 31.0. The molecular weight excluding hydrogens is 327 g/mol. The second-order valence-corrected chi connectivity index (χ2v) is 9.29. The Labute approximate surface area is 143 Å². The van der Waals surface area contributed by atoms with Crippen LogP contribution >= 0.6 is 0 Å². The third-order valence-electron chi connectivity index (χ3n) is 5.85. The zero-order chi connectivity index (χ0) is 16.7. The van der Waals surface area contributed by atoms with Crippen LogP contribution in [0.3, 0.4) is 0 Å². The number of sulfonamides is 1. The van der Waals surface area contributed by atoms with E-state index in [0.717, 1.165) is 37.4 Å². The van der Waals surface area contributed by atoms with Crippen LogP contribution in [0.15, 0.2) is 41.3 Å². The predicted octanol–water partition coefficient (Wildman–Crippen LogP) is 0.927. The van der Waals surface area contributed by atoms with Crippen LogP contribution in [-0.2, 0) is 10.0 Å². The summed E-state index contributed by atoms with van der Waals surface area (Å²) >= 11 is 0. The van der Waals surface area contributed by atoms with Crippen molar-refractivity contribution in [2.45, 2.75) is 17.7 Å². The highest BCUT2D eigenvalue weighted by atomic mass is 32.2. The van der Waals surface area contributed by atoms with Crippen molar-refractivity contribution in [3.05, 3.63) is 42.2 Å². The molecule has 1 heterocycles. The second-order valence-electron chi connectivity index (χ2n) is 7.35. The smallest absolute Gasteiger partial charge is 0.243 e. The lowest BCUT2D eigenvalue weighted by Crippen LogP contribution is -3.15. The lowest BCUT2D eigenvalue weighted by molar-refractivity contribution is -0.907. The van der Waals surface area contributed by atoms with Crippen LogP contribution < -0.4 is 4.90 Å². The fraction of sp³-hybridized carbons (Fsp3) is 0.556. The quantitative estimate of drug-likeness (QED) is 0.820. The first-order valence-corrected chi connectivity index (χ1v) is 10.2. The number of hydrogen-bond acceptors (Lipinski definition) is 2. The molecule has 4 rings (SSSR count). The van der Waals surface area contributed by atoms with Crippen LogP contribution in [0.5, 0.6) is 0 Å². The second kappa shape index (κ2) is 6.24. The van der Waals surface area contributed by atoms with Crippen LogP contribution in [-0.4, -0.2) is 45.4 Å². The topological polar surface area (TPSA) is 41.8 Å². The molecule has 1 N–H and O–H groups in total. The van der Waals surface area contributed by atoms with Gasteiger partial charge in [-0.25, -0.2) is 12.8 Å². The number of nitrogens with one attached hydrogen (secondary N) is 1. The van der Waals surface area contributed by atoms with E-state index in [0.29, 0.717) is 13.1 Å². The maximum absolute atomic E-state index is 13.0. The molecule has 0 radical (unpaired) electrons. The molecule has 24 heavy (non-hydrogen) atoms. The summed E-state index contributed by atoms with van der Waals surface area (Å²) in [5.41, 5.74) is 0. The van der Waals surface area contributed by atoms with Crippen molar-refractivity contribution in [3.8, 4) is 0 Å². The van der Waals surface area contributed by atoms with Crippen molar-refractivity contribution in [3.63, 3.8) is 0 Å². The highest BCUT2D eigenvalue weighted by Gasteiger charge is 2.39. The standard InChI is InChI=1S/C18H23FN2O2S/c19-17-3-5-18(6-4-17)24(22,23)21-9-7-20(8-10-21)13-16-12-14-1-2-15(16)11-14/h1-6,14-16H,7-13H2/p+1/t14-,15+,16+/m1/s1. The molecular formula is C18H24FN2O2S+. The Bertz CT molecular complexity index is 724. The molecule has 3 atom stereocenters. The molecule has 2 fully saturated rings. The van der Waals surface area contributed by atoms with Gasteiger partial charge in [-0.1, -0.05) is 12.2 Å². The van der Waals surface area contributed by atoms with E-state index < -0.39 is 15.8 Å². The molecule has 1 aliphatic heterocycles. The molecule has 0 aromatic heterocycles. The minimum atomic E-state index is -3.50. The van der Waals surface area contributed by atoms with Crippen molar-refractivity contribution < 1.29 is 17.7 Å². The number of benzene rings is 1. The number of hydrogen-bond donors (Lipinski definition) is 1. The Morgan fingerprint density at radius 1 is 1.08 bits per heavy atom. The highest BCUT2D eigenvalue weighted by molar-refractivity contribution is 7.89. The number of nitrogens with zero attached hydrogens (tertiary/aromatic N) is 1. The first-order chi connectivity index (χ1) is 11.5. The van der Waals surface area contributed by atoms with E-state index in [2.05, 4.69) is 12.2 Å². The molecule has 1 aromatic carbocycles. The molecule has 0 unspecified atom stereocenters.